The molecule has 1 N–H and O–H groups in total. The molecule has 0 aliphatic carbocycles. The number of benzene rings is 1. The lowest BCUT2D eigenvalue weighted by Crippen LogP contribution is -2.53. The summed E-state index contributed by atoms with van der Waals surface area (Å²) in [5, 5.41) is 2.97. The molecule has 2 heterocycles. The molecule has 1 aromatic rings. The summed E-state index contributed by atoms with van der Waals surface area (Å²) in [6.45, 7) is 11.1. The average Bonchev–Trinajstić information content (AvgIpc) is 3.04. The van der Waals surface area contributed by atoms with Gasteiger partial charge >= 0.3 is 0 Å². The number of rotatable bonds is 4. The number of anilines is 1. The Morgan fingerprint density at radius 2 is 1.83 bits per heavy atom. The van der Waals surface area contributed by atoms with Gasteiger partial charge in [-0.2, -0.15) is 0 Å². The average molecular weight is 479 g/mol. The van der Waals surface area contributed by atoms with E-state index in [4.69, 9.17) is 0 Å². The van der Waals surface area contributed by atoms with Crippen LogP contribution in [0.5, 0.6) is 0 Å². The topological polar surface area (TPSA) is 73.0 Å². The van der Waals surface area contributed by atoms with Gasteiger partial charge in [-0.05, 0) is 51.5 Å². The van der Waals surface area contributed by atoms with Crippen molar-refractivity contribution in [1.29, 1.82) is 0 Å². The molecular formula is C22H31BrN4O3. The van der Waals surface area contributed by atoms with Crippen LogP contribution in [0.25, 0.3) is 0 Å². The van der Waals surface area contributed by atoms with Crippen LogP contribution in [-0.2, 0) is 14.4 Å². The number of piperazine rings is 1. The molecule has 0 bridgehead atoms. The van der Waals surface area contributed by atoms with E-state index in [0.717, 1.165) is 15.7 Å². The summed E-state index contributed by atoms with van der Waals surface area (Å²) in [6, 6.07) is 5.81. The first kappa shape index (κ1) is 22.7. The zero-order chi connectivity index (χ0) is 22.1. The lowest BCUT2D eigenvalue weighted by molar-refractivity contribution is -0.137. The number of hydrogen-bond acceptors (Lipinski definition) is 4. The molecule has 1 unspecified atom stereocenters. The normalized spacial score (nSPS) is 20.6. The van der Waals surface area contributed by atoms with Gasteiger partial charge in [-0.15, -0.1) is 0 Å². The molecule has 0 aromatic heterocycles. The van der Waals surface area contributed by atoms with Crippen LogP contribution in [0, 0.1) is 12.8 Å². The van der Waals surface area contributed by atoms with E-state index >= 15 is 0 Å². The molecule has 7 nitrogen and oxygen atoms in total. The Balaban J connectivity index is 1.52. The lowest BCUT2D eigenvalue weighted by atomic mass is 10.1. The zero-order valence-electron chi connectivity index (χ0n) is 18.2. The van der Waals surface area contributed by atoms with Crippen molar-refractivity contribution in [3.63, 3.8) is 0 Å². The Hall–Kier alpha value is -1.93. The Kier molecular flexibility index (Phi) is 6.87. The van der Waals surface area contributed by atoms with Crippen LogP contribution < -0.4 is 10.2 Å². The number of nitrogens with one attached hydrogen (secondary N) is 1. The number of aryl methyl sites for hydroxylation is 1. The van der Waals surface area contributed by atoms with Crippen LogP contribution >= 0.6 is 15.9 Å². The largest absolute Gasteiger partial charge is 0.350 e. The standard InChI is InChI=1S/C22H31BrN4O3/c1-15-11-17(5-6-18(15)23)27-13-16(12-20(27)29)21(30)26-9-7-25(8-10-26)14-19(28)24-22(2,3)4/h5-6,11,16H,7-10,12-14H2,1-4H3,(H,24,28). The predicted molar refractivity (Wildman–Crippen MR) is 120 cm³/mol. The molecule has 1 aromatic carbocycles. The summed E-state index contributed by atoms with van der Waals surface area (Å²) in [5.74, 6) is -0.271. The molecular weight excluding hydrogens is 448 g/mol. The minimum atomic E-state index is -0.308. The highest BCUT2D eigenvalue weighted by Gasteiger charge is 2.38. The second-order valence-electron chi connectivity index (χ2n) is 9.24. The van der Waals surface area contributed by atoms with E-state index in [-0.39, 0.29) is 35.6 Å². The fraction of sp³-hybridized carbons (Fsp3) is 0.591. The molecule has 0 radical (unpaired) electrons. The quantitative estimate of drug-likeness (QED) is 0.719. The molecule has 0 saturated carbocycles. The van der Waals surface area contributed by atoms with E-state index in [9.17, 15) is 14.4 Å². The molecule has 1 atom stereocenters. The van der Waals surface area contributed by atoms with E-state index < -0.39 is 0 Å². The summed E-state index contributed by atoms with van der Waals surface area (Å²) in [6.07, 6.45) is 0.252. The molecule has 164 valence electrons. The van der Waals surface area contributed by atoms with Gasteiger partial charge in [0.05, 0.1) is 12.5 Å². The smallest absolute Gasteiger partial charge is 0.234 e. The zero-order valence-corrected chi connectivity index (χ0v) is 19.8. The summed E-state index contributed by atoms with van der Waals surface area (Å²) < 4.78 is 1.000. The van der Waals surface area contributed by atoms with E-state index in [2.05, 4.69) is 26.1 Å². The SMILES string of the molecule is Cc1cc(N2CC(C(=O)N3CCN(CC(=O)NC(C)(C)C)CC3)CC2=O)ccc1Br. The molecule has 30 heavy (non-hydrogen) atoms. The van der Waals surface area contributed by atoms with E-state index in [1.54, 1.807) is 4.90 Å². The minimum absolute atomic E-state index is 0.00380. The minimum Gasteiger partial charge on any atom is -0.350 e. The van der Waals surface area contributed by atoms with Crippen LogP contribution in [0.1, 0.15) is 32.8 Å². The first-order chi connectivity index (χ1) is 14.0. The van der Waals surface area contributed by atoms with E-state index in [1.807, 2.05) is 50.8 Å². The van der Waals surface area contributed by atoms with Crippen LogP contribution in [0.4, 0.5) is 5.69 Å². The van der Waals surface area contributed by atoms with Crippen molar-refractivity contribution in [1.82, 2.24) is 15.1 Å². The first-order valence-corrected chi connectivity index (χ1v) is 11.2. The number of nitrogens with zero attached hydrogens (tertiary/aromatic N) is 3. The second-order valence-corrected chi connectivity index (χ2v) is 10.1. The molecule has 8 heteroatoms. The Labute approximate surface area is 186 Å². The van der Waals surface area contributed by atoms with Crippen molar-refractivity contribution < 1.29 is 14.4 Å². The van der Waals surface area contributed by atoms with Crippen molar-refractivity contribution in [2.75, 3.05) is 44.2 Å². The van der Waals surface area contributed by atoms with Crippen molar-refractivity contribution >= 4 is 39.3 Å². The van der Waals surface area contributed by atoms with Gasteiger partial charge < -0.3 is 15.1 Å². The Morgan fingerprint density at radius 3 is 2.43 bits per heavy atom. The number of hydrogen-bond donors (Lipinski definition) is 1. The van der Waals surface area contributed by atoms with Gasteiger partial charge in [0.25, 0.3) is 0 Å². The van der Waals surface area contributed by atoms with E-state index in [0.29, 0.717) is 39.3 Å². The molecule has 3 amide bonds. The Morgan fingerprint density at radius 1 is 1.17 bits per heavy atom. The van der Waals surface area contributed by atoms with Gasteiger partial charge in [0.2, 0.25) is 17.7 Å². The summed E-state index contributed by atoms with van der Waals surface area (Å²) >= 11 is 3.48. The first-order valence-electron chi connectivity index (χ1n) is 10.4. The molecule has 2 saturated heterocycles. The third-order valence-corrected chi connectivity index (χ3v) is 6.38. The molecule has 2 aliphatic heterocycles. The number of carbonyl (C=O) groups excluding carboxylic acids is 3. The van der Waals surface area contributed by atoms with Crippen molar-refractivity contribution in [3.05, 3.63) is 28.2 Å². The third kappa shape index (κ3) is 5.60. The third-order valence-electron chi connectivity index (χ3n) is 5.49. The van der Waals surface area contributed by atoms with Crippen LogP contribution in [0.3, 0.4) is 0 Å². The maximum atomic E-state index is 13.0. The highest BCUT2D eigenvalue weighted by atomic mass is 79.9. The number of halogens is 1. The highest BCUT2D eigenvalue weighted by Crippen LogP contribution is 2.29. The number of carbonyl (C=O) groups is 3. The van der Waals surface area contributed by atoms with Crippen LogP contribution in [-0.4, -0.2) is 72.3 Å². The van der Waals surface area contributed by atoms with Gasteiger partial charge in [-0.25, -0.2) is 0 Å². The van der Waals surface area contributed by atoms with Crippen molar-refractivity contribution in [2.24, 2.45) is 5.92 Å². The van der Waals surface area contributed by atoms with Gasteiger partial charge in [0.15, 0.2) is 0 Å². The van der Waals surface area contributed by atoms with Crippen molar-refractivity contribution in [2.45, 2.75) is 39.7 Å². The fourth-order valence-electron chi connectivity index (χ4n) is 3.96. The van der Waals surface area contributed by atoms with E-state index in [1.165, 1.54) is 0 Å². The molecule has 3 rings (SSSR count). The summed E-state index contributed by atoms with van der Waals surface area (Å²) in [4.78, 5) is 43.3. The maximum absolute atomic E-state index is 13.0. The van der Waals surface area contributed by atoms with Gasteiger partial charge in [-0.3, -0.25) is 19.3 Å². The molecule has 0 spiro atoms. The van der Waals surface area contributed by atoms with Gasteiger partial charge in [0, 0.05) is 54.8 Å². The number of amides is 3. The lowest BCUT2D eigenvalue weighted by Gasteiger charge is -2.36. The summed E-state index contributed by atoms with van der Waals surface area (Å²) in [5.41, 5.74) is 1.65. The summed E-state index contributed by atoms with van der Waals surface area (Å²) in [7, 11) is 0. The van der Waals surface area contributed by atoms with Gasteiger partial charge in [0.1, 0.15) is 0 Å². The Bertz CT molecular complexity index is 828. The second kappa shape index (κ2) is 9.06. The predicted octanol–water partition coefficient (Wildman–Crippen LogP) is 2.17. The van der Waals surface area contributed by atoms with Gasteiger partial charge in [-0.1, -0.05) is 15.9 Å². The fourth-order valence-corrected chi connectivity index (χ4v) is 4.21. The monoisotopic (exact) mass is 478 g/mol. The maximum Gasteiger partial charge on any atom is 0.234 e. The van der Waals surface area contributed by atoms with Crippen molar-refractivity contribution in [3.8, 4) is 0 Å². The van der Waals surface area contributed by atoms with Crippen LogP contribution in [0.2, 0.25) is 0 Å². The highest BCUT2D eigenvalue weighted by molar-refractivity contribution is 9.10. The molecule has 2 fully saturated rings. The molecule has 2 aliphatic rings. The van der Waals surface area contributed by atoms with Crippen LogP contribution in [0.15, 0.2) is 22.7 Å².